The summed E-state index contributed by atoms with van der Waals surface area (Å²) < 4.78 is 1.93. The minimum absolute atomic E-state index is 0. The van der Waals surface area contributed by atoms with E-state index in [9.17, 15) is 4.79 Å². The van der Waals surface area contributed by atoms with E-state index in [0.29, 0.717) is 18.4 Å². The lowest BCUT2D eigenvalue weighted by atomic mass is 9.89. The van der Waals surface area contributed by atoms with E-state index < -0.39 is 0 Å². The molecule has 3 atom stereocenters. The Morgan fingerprint density at radius 2 is 2.00 bits per heavy atom. The van der Waals surface area contributed by atoms with Crippen molar-refractivity contribution >= 4 is 30.7 Å². The van der Waals surface area contributed by atoms with Gasteiger partial charge < -0.3 is 14.8 Å². The zero-order chi connectivity index (χ0) is 15.8. The number of rotatable bonds is 3. The van der Waals surface area contributed by atoms with Crippen molar-refractivity contribution in [3.8, 4) is 0 Å². The molecule has 2 fully saturated rings. The van der Waals surface area contributed by atoms with Crippen molar-refractivity contribution in [3.05, 3.63) is 54.1 Å². The summed E-state index contributed by atoms with van der Waals surface area (Å²) in [5, 5.41) is 3.49. The van der Waals surface area contributed by atoms with Crippen molar-refractivity contribution in [3.63, 3.8) is 0 Å². The molecule has 136 valence electrons. The Morgan fingerprint density at radius 1 is 1.24 bits per heavy atom. The van der Waals surface area contributed by atoms with Gasteiger partial charge in [-0.3, -0.25) is 4.79 Å². The average Bonchev–Trinajstić information content (AvgIpc) is 3.24. The normalized spacial score (nSPS) is 24.4. The molecule has 1 aromatic carbocycles. The number of fused-ring (bicyclic) bond motifs is 1. The molecule has 0 radical (unpaired) electrons. The Kier molecular flexibility index (Phi) is 6.49. The Bertz CT molecular complexity index is 706. The lowest BCUT2D eigenvalue weighted by Gasteiger charge is -2.28. The van der Waals surface area contributed by atoms with Gasteiger partial charge in [-0.25, -0.2) is 4.98 Å². The largest absolute Gasteiger partial charge is 0.333 e. The Hall–Kier alpha value is -1.56. The number of halogens is 2. The van der Waals surface area contributed by atoms with Crippen molar-refractivity contribution in [1.29, 1.82) is 0 Å². The molecule has 1 amide bonds. The second kappa shape index (κ2) is 8.21. The first-order chi connectivity index (χ1) is 11.2. The molecule has 0 saturated carbocycles. The maximum atomic E-state index is 12.9. The van der Waals surface area contributed by atoms with Crippen LogP contribution in [0, 0.1) is 18.8 Å². The van der Waals surface area contributed by atoms with Gasteiger partial charge in [0.2, 0.25) is 5.91 Å². The minimum Gasteiger partial charge on any atom is -0.333 e. The standard InChI is InChI=1S/C18H22N4O.2ClH/c1-13-20-7-8-21(13)12-17(23)22-11-15-9-19-10-16(15)18(22)14-5-3-2-4-6-14;;/h2-8,15-16,18-19H,9-12H2,1H3;2*1H/t15-,16-,18-;;/m0../s1. The Balaban J connectivity index is 0.00000113. The van der Waals surface area contributed by atoms with Gasteiger partial charge in [-0.05, 0) is 18.4 Å². The first kappa shape index (κ1) is 19.8. The van der Waals surface area contributed by atoms with E-state index in [1.165, 1.54) is 5.56 Å². The fourth-order valence-corrected chi connectivity index (χ4v) is 4.06. The van der Waals surface area contributed by atoms with Crippen LogP contribution in [-0.4, -0.2) is 40.0 Å². The summed E-state index contributed by atoms with van der Waals surface area (Å²) in [6, 6.07) is 10.6. The molecule has 2 aromatic rings. The van der Waals surface area contributed by atoms with Gasteiger partial charge in [-0.1, -0.05) is 30.3 Å². The lowest BCUT2D eigenvalue weighted by Crippen LogP contribution is -2.36. The van der Waals surface area contributed by atoms with Gasteiger partial charge in [0.25, 0.3) is 0 Å². The van der Waals surface area contributed by atoms with E-state index in [-0.39, 0.29) is 36.8 Å². The van der Waals surface area contributed by atoms with Crippen LogP contribution in [0.5, 0.6) is 0 Å². The number of likely N-dealkylation sites (tertiary alicyclic amines) is 1. The first-order valence-electron chi connectivity index (χ1n) is 8.27. The van der Waals surface area contributed by atoms with Crippen LogP contribution in [0.4, 0.5) is 0 Å². The maximum absolute atomic E-state index is 12.9. The van der Waals surface area contributed by atoms with Crippen molar-refractivity contribution in [2.75, 3.05) is 19.6 Å². The van der Waals surface area contributed by atoms with Gasteiger partial charge in [0.05, 0.1) is 6.04 Å². The van der Waals surface area contributed by atoms with E-state index in [1.807, 2.05) is 23.8 Å². The van der Waals surface area contributed by atoms with Gasteiger partial charge in [-0.2, -0.15) is 0 Å². The number of carbonyl (C=O) groups is 1. The van der Waals surface area contributed by atoms with E-state index in [1.54, 1.807) is 6.20 Å². The molecular formula is C18H24Cl2N4O. The zero-order valence-electron chi connectivity index (χ0n) is 14.2. The summed E-state index contributed by atoms with van der Waals surface area (Å²) in [5.41, 5.74) is 1.25. The molecule has 0 unspecified atom stereocenters. The van der Waals surface area contributed by atoms with E-state index in [2.05, 4.69) is 39.5 Å². The van der Waals surface area contributed by atoms with Crippen LogP contribution in [-0.2, 0) is 11.3 Å². The van der Waals surface area contributed by atoms with E-state index in [4.69, 9.17) is 0 Å². The molecule has 5 nitrogen and oxygen atoms in total. The van der Waals surface area contributed by atoms with Crippen LogP contribution in [0.3, 0.4) is 0 Å². The number of aryl methyl sites for hydroxylation is 1. The fraction of sp³-hybridized carbons (Fsp3) is 0.444. The van der Waals surface area contributed by atoms with Crippen LogP contribution < -0.4 is 5.32 Å². The van der Waals surface area contributed by atoms with Gasteiger partial charge in [0, 0.05) is 37.9 Å². The third kappa shape index (κ3) is 3.68. The number of carbonyl (C=O) groups excluding carboxylic acids is 1. The molecule has 2 saturated heterocycles. The molecule has 25 heavy (non-hydrogen) atoms. The molecule has 2 aliphatic rings. The predicted octanol–water partition coefficient (Wildman–Crippen LogP) is 2.45. The molecule has 3 heterocycles. The highest BCUT2D eigenvalue weighted by atomic mass is 35.5. The van der Waals surface area contributed by atoms with Crippen molar-refractivity contribution < 1.29 is 4.79 Å². The fourth-order valence-electron chi connectivity index (χ4n) is 4.06. The molecule has 7 heteroatoms. The maximum Gasteiger partial charge on any atom is 0.243 e. The first-order valence-corrected chi connectivity index (χ1v) is 8.27. The van der Waals surface area contributed by atoms with Crippen molar-refractivity contribution in [2.45, 2.75) is 19.5 Å². The molecule has 4 rings (SSSR count). The summed E-state index contributed by atoms with van der Waals surface area (Å²) >= 11 is 0. The number of nitrogens with zero attached hydrogens (tertiary/aromatic N) is 3. The van der Waals surface area contributed by atoms with Gasteiger partial charge in [-0.15, -0.1) is 24.8 Å². The number of aromatic nitrogens is 2. The Morgan fingerprint density at radius 3 is 2.68 bits per heavy atom. The van der Waals surface area contributed by atoms with E-state index in [0.717, 1.165) is 25.5 Å². The predicted molar refractivity (Wildman–Crippen MR) is 102 cm³/mol. The number of nitrogens with one attached hydrogen (secondary N) is 1. The summed E-state index contributed by atoms with van der Waals surface area (Å²) in [7, 11) is 0. The van der Waals surface area contributed by atoms with E-state index >= 15 is 0 Å². The molecule has 1 aromatic heterocycles. The molecule has 0 bridgehead atoms. The van der Waals surface area contributed by atoms with Crippen molar-refractivity contribution in [2.24, 2.45) is 11.8 Å². The van der Waals surface area contributed by atoms with Crippen LogP contribution in [0.15, 0.2) is 42.7 Å². The van der Waals surface area contributed by atoms with Crippen molar-refractivity contribution in [1.82, 2.24) is 19.8 Å². The molecule has 0 spiro atoms. The number of amides is 1. The van der Waals surface area contributed by atoms with Crippen LogP contribution in [0.2, 0.25) is 0 Å². The summed E-state index contributed by atoms with van der Waals surface area (Å²) in [6.45, 7) is 5.18. The summed E-state index contributed by atoms with van der Waals surface area (Å²) in [4.78, 5) is 19.2. The molecule has 1 N–H and O–H groups in total. The summed E-state index contributed by atoms with van der Waals surface area (Å²) in [6.07, 6.45) is 3.63. The Labute approximate surface area is 160 Å². The smallest absolute Gasteiger partial charge is 0.243 e. The number of benzene rings is 1. The van der Waals surface area contributed by atoms with Gasteiger partial charge >= 0.3 is 0 Å². The quantitative estimate of drug-likeness (QED) is 0.886. The number of hydrogen-bond donors (Lipinski definition) is 1. The second-order valence-corrected chi connectivity index (χ2v) is 6.59. The van der Waals surface area contributed by atoms with Gasteiger partial charge in [0.15, 0.2) is 0 Å². The SMILES string of the molecule is Cc1nccn1CC(=O)N1C[C@@H]2CNC[C@@H]2[C@@H]1c1ccccc1.Cl.Cl. The highest BCUT2D eigenvalue weighted by Crippen LogP contribution is 2.42. The van der Waals surface area contributed by atoms with Crippen LogP contribution >= 0.6 is 24.8 Å². The van der Waals surface area contributed by atoms with Crippen LogP contribution in [0.25, 0.3) is 0 Å². The second-order valence-electron chi connectivity index (χ2n) is 6.59. The average molecular weight is 383 g/mol. The van der Waals surface area contributed by atoms with Crippen LogP contribution in [0.1, 0.15) is 17.4 Å². The summed E-state index contributed by atoms with van der Waals surface area (Å²) in [5.74, 6) is 2.16. The highest BCUT2D eigenvalue weighted by molar-refractivity contribution is 5.85. The third-order valence-electron chi connectivity index (χ3n) is 5.26. The minimum atomic E-state index is 0. The number of hydrogen-bond acceptors (Lipinski definition) is 3. The number of imidazole rings is 1. The topological polar surface area (TPSA) is 50.2 Å². The monoisotopic (exact) mass is 382 g/mol. The zero-order valence-corrected chi connectivity index (χ0v) is 15.8. The molecular weight excluding hydrogens is 359 g/mol. The molecule has 2 aliphatic heterocycles. The lowest BCUT2D eigenvalue weighted by molar-refractivity contribution is -0.133. The third-order valence-corrected chi connectivity index (χ3v) is 5.26. The highest BCUT2D eigenvalue weighted by Gasteiger charge is 2.46. The van der Waals surface area contributed by atoms with Gasteiger partial charge in [0.1, 0.15) is 12.4 Å². The molecule has 0 aliphatic carbocycles.